The van der Waals surface area contributed by atoms with Crippen molar-refractivity contribution in [2.24, 2.45) is 0 Å². The molecule has 1 aliphatic heterocycles. The van der Waals surface area contributed by atoms with Crippen LogP contribution in [-0.2, 0) is 0 Å². The Balaban J connectivity index is 1.92. The molecule has 5 nitrogen and oxygen atoms in total. The molecule has 2 rings (SSSR count). The minimum absolute atomic E-state index is 0.0377. The molecule has 0 spiro atoms. The Bertz CT molecular complexity index is 451. The van der Waals surface area contributed by atoms with Gasteiger partial charge >= 0.3 is 0 Å². The lowest BCUT2D eigenvalue weighted by atomic mass is 10.1. The van der Waals surface area contributed by atoms with E-state index in [-0.39, 0.29) is 19.1 Å². The van der Waals surface area contributed by atoms with Crippen molar-refractivity contribution in [2.75, 3.05) is 44.2 Å². The smallest absolute Gasteiger partial charge is 0.251 e. The summed E-state index contributed by atoms with van der Waals surface area (Å²) >= 11 is 0. The Morgan fingerprint density at radius 2 is 1.81 bits per heavy atom. The number of nitrogens with zero attached hydrogens (tertiary/aromatic N) is 2. The van der Waals surface area contributed by atoms with Crippen LogP contribution in [0.5, 0.6) is 0 Å². The van der Waals surface area contributed by atoms with Crippen molar-refractivity contribution in [1.29, 1.82) is 0 Å². The topological polar surface area (TPSA) is 55.8 Å². The van der Waals surface area contributed by atoms with Crippen LogP contribution >= 0.6 is 0 Å². The zero-order valence-electron chi connectivity index (χ0n) is 12.9. The van der Waals surface area contributed by atoms with Crippen LogP contribution < -0.4 is 10.2 Å². The predicted molar refractivity (Wildman–Crippen MR) is 84.8 cm³/mol. The maximum Gasteiger partial charge on any atom is 0.251 e. The molecule has 1 fully saturated rings. The number of aliphatic hydroxyl groups is 1. The molecule has 0 bridgehead atoms. The number of amides is 1. The second-order valence-corrected chi connectivity index (χ2v) is 5.64. The van der Waals surface area contributed by atoms with Gasteiger partial charge < -0.3 is 15.3 Å². The SMILES string of the molecule is CC(C)N1CCN(c2ccc(C(=O)NCCO)cc2)CC1. The zero-order valence-corrected chi connectivity index (χ0v) is 12.9. The zero-order chi connectivity index (χ0) is 15.2. The first-order chi connectivity index (χ1) is 10.1. The average Bonchev–Trinajstić information content (AvgIpc) is 2.53. The molecule has 0 radical (unpaired) electrons. The molecule has 0 saturated carbocycles. The molecule has 1 aliphatic rings. The molecule has 0 aliphatic carbocycles. The fourth-order valence-corrected chi connectivity index (χ4v) is 2.59. The van der Waals surface area contributed by atoms with Crippen molar-refractivity contribution in [3.63, 3.8) is 0 Å². The lowest BCUT2D eigenvalue weighted by Crippen LogP contribution is -2.48. The molecule has 1 aromatic carbocycles. The van der Waals surface area contributed by atoms with Gasteiger partial charge in [-0.3, -0.25) is 9.69 Å². The minimum Gasteiger partial charge on any atom is -0.395 e. The summed E-state index contributed by atoms with van der Waals surface area (Å²) in [5.41, 5.74) is 1.80. The second-order valence-electron chi connectivity index (χ2n) is 5.64. The van der Waals surface area contributed by atoms with Crippen LogP contribution in [-0.4, -0.2) is 61.3 Å². The Labute approximate surface area is 126 Å². The third-order valence-corrected chi connectivity index (χ3v) is 3.94. The van der Waals surface area contributed by atoms with Crippen LogP contribution in [0.2, 0.25) is 0 Å². The molecule has 116 valence electrons. The van der Waals surface area contributed by atoms with Crippen LogP contribution in [0.25, 0.3) is 0 Å². The summed E-state index contributed by atoms with van der Waals surface area (Å²) in [5.74, 6) is -0.139. The van der Waals surface area contributed by atoms with E-state index in [1.165, 1.54) is 0 Å². The van der Waals surface area contributed by atoms with Crippen molar-refractivity contribution < 1.29 is 9.90 Å². The quantitative estimate of drug-likeness (QED) is 0.848. The number of benzene rings is 1. The van der Waals surface area contributed by atoms with Crippen LogP contribution in [0.1, 0.15) is 24.2 Å². The van der Waals surface area contributed by atoms with Gasteiger partial charge in [-0.25, -0.2) is 0 Å². The van der Waals surface area contributed by atoms with E-state index in [2.05, 4.69) is 29.0 Å². The molecule has 0 unspecified atom stereocenters. The maximum atomic E-state index is 11.8. The van der Waals surface area contributed by atoms with Crippen molar-refractivity contribution in [1.82, 2.24) is 10.2 Å². The highest BCUT2D eigenvalue weighted by Crippen LogP contribution is 2.18. The molecule has 1 aromatic rings. The highest BCUT2D eigenvalue weighted by molar-refractivity contribution is 5.94. The third kappa shape index (κ3) is 4.19. The van der Waals surface area contributed by atoms with Gasteiger partial charge in [0.25, 0.3) is 5.91 Å². The van der Waals surface area contributed by atoms with E-state index in [4.69, 9.17) is 5.11 Å². The molecule has 1 heterocycles. The van der Waals surface area contributed by atoms with Crippen molar-refractivity contribution in [3.8, 4) is 0 Å². The lowest BCUT2D eigenvalue weighted by molar-refractivity contribution is 0.0945. The van der Waals surface area contributed by atoms with Gasteiger partial charge in [-0.2, -0.15) is 0 Å². The van der Waals surface area contributed by atoms with E-state index >= 15 is 0 Å². The molecular weight excluding hydrogens is 266 g/mol. The van der Waals surface area contributed by atoms with Gasteiger partial charge in [0.15, 0.2) is 0 Å². The van der Waals surface area contributed by atoms with E-state index in [0.717, 1.165) is 31.9 Å². The van der Waals surface area contributed by atoms with Crippen molar-refractivity contribution in [2.45, 2.75) is 19.9 Å². The van der Waals surface area contributed by atoms with Gasteiger partial charge in [0.2, 0.25) is 0 Å². The minimum atomic E-state index is -0.139. The molecule has 21 heavy (non-hydrogen) atoms. The molecule has 1 amide bonds. The molecule has 0 atom stereocenters. The van der Waals surface area contributed by atoms with Gasteiger partial charge in [-0.15, -0.1) is 0 Å². The number of anilines is 1. The maximum absolute atomic E-state index is 11.8. The van der Waals surface area contributed by atoms with Crippen LogP contribution in [0.15, 0.2) is 24.3 Å². The summed E-state index contributed by atoms with van der Waals surface area (Å²) in [6.45, 7) is 8.92. The number of hydrogen-bond acceptors (Lipinski definition) is 4. The predicted octanol–water partition coefficient (Wildman–Crippen LogP) is 0.939. The summed E-state index contributed by atoms with van der Waals surface area (Å²) in [6.07, 6.45) is 0. The monoisotopic (exact) mass is 291 g/mol. The summed E-state index contributed by atoms with van der Waals surface area (Å²) in [7, 11) is 0. The number of nitrogens with one attached hydrogen (secondary N) is 1. The van der Waals surface area contributed by atoms with Crippen LogP contribution in [0.4, 0.5) is 5.69 Å². The van der Waals surface area contributed by atoms with Gasteiger partial charge in [0.1, 0.15) is 0 Å². The standard InChI is InChI=1S/C16H25N3O2/c1-13(2)18-8-10-19(11-9-18)15-5-3-14(4-6-15)16(21)17-7-12-20/h3-6,13,20H,7-12H2,1-2H3,(H,17,21). The fourth-order valence-electron chi connectivity index (χ4n) is 2.59. The lowest BCUT2D eigenvalue weighted by Gasteiger charge is -2.38. The molecule has 2 N–H and O–H groups in total. The second kappa shape index (κ2) is 7.43. The van der Waals surface area contributed by atoms with Crippen molar-refractivity contribution in [3.05, 3.63) is 29.8 Å². The average molecular weight is 291 g/mol. The Kier molecular flexibility index (Phi) is 5.59. The number of rotatable bonds is 5. The fraction of sp³-hybridized carbons (Fsp3) is 0.562. The number of carbonyl (C=O) groups is 1. The summed E-state index contributed by atoms with van der Waals surface area (Å²) < 4.78 is 0. The molecule has 1 saturated heterocycles. The van der Waals surface area contributed by atoms with Gasteiger partial charge in [0.05, 0.1) is 6.61 Å². The van der Waals surface area contributed by atoms with Crippen LogP contribution in [0.3, 0.4) is 0 Å². The highest BCUT2D eigenvalue weighted by Gasteiger charge is 2.19. The number of hydrogen-bond donors (Lipinski definition) is 2. The number of aliphatic hydroxyl groups excluding tert-OH is 1. The number of carbonyl (C=O) groups excluding carboxylic acids is 1. The van der Waals surface area contributed by atoms with Gasteiger partial charge in [0, 0.05) is 50.0 Å². The Morgan fingerprint density at radius 1 is 1.19 bits per heavy atom. The van der Waals surface area contributed by atoms with E-state index in [0.29, 0.717) is 11.6 Å². The van der Waals surface area contributed by atoms with E-state index in [9.17, 15) is 4.79 Å². The highest BCUT2D eigenvalue weighted by atomic mass is 16.3. The summed E-state index contributed by atoms with van der Waals surface area (Å²) in [4.78, 5) is 16.6. The van der Waals surface area contributed by atoms with E-state index in [1.54, 1.807) is 0 Å². The Morgan fingerprint density at radius 3 is 2.33 bits per heavy atom. The largest absolute Gasteiger partial charge is 0.395 e. The van der Waals surface area contributed by atoms with Gasteiger partial charge in [-0.05, 0) is 38.1 Å². The van der Waals surface area contributed by atoms with E-state index < -0.39 is 0 Å². The third-order valence-electron chi connectivity index (χ3n) is 3.94. The number of piperazine rings is 1. The first kappa shape index (κ1) is 15.8. The molecule has 5 heteroatoms. The van der Waals surface area contributed by atoms with Crippen molar-refractivity contribution >= 4 is 11.6 Å². The Hall–Kier alpha value is -1.59. The van der Waals surface area contributed by atoms with Crippen LogP contribution in [0, 0.1) is 0 Å². The first-order valence-electron chi connectivity index (χ1n) is 7.60. The summed E-state index contributed by atoms with van der Waals surface area (Å²) in [6, 6.07) is 8.29. The summed E-state index contributed by atoms with van der Waals surface area (Å²) in [5, 5.41) is 11.4. The molecule has 0 aromatic heterocycles. The van der Waals surface area contributed by atoms with E-state index in [1.807, 2.05) is 24.3 Å². The van der Waals surface area contributed by atoms with Gasteiger partial charge in [-0.1, -0.05) is 0 Å². The molecular formula is C16H25N3O2. The normalized spacial score (nSPS) is 16.3. The first-order valence-corrected chi connectivity index (χ1v) is 7.60.